The highest BCUT2D eigenvalue weighted by Gasteiger charge is 2.14. The van der Waals surface area contributed by atoms with Crippen LogP contribution in [-0.2, 0) is 27.9 Å². The van der Waals surface area contributed by atoms with Crippen LogP contribution in [0.3, 0.4) is 0 Å². The molecule has 2 aliphatic rings. The molecule has 0 amide bonds. The molecule has 0 aromatic carbocycles. The summed E-state index contributed by atoms with van der Waals surface area (Å²) in [7, 11) is 2.20. The zero-order valence-corrected chi connectivity index (χ0v) is 16.9. The van der Waals surface area contributed by atoms with E-state index in [0.717, 1.165) is 38.4 Å². The van der Waals surface area contributed by atoms with Gasteiger partial charge in [-0.3, -0.25) is 4.68 Å². The highest BCUT2D eigenvalue weighted by molar-refractivity contribution is 5.16. The van der Waals surface area contributed by atoms with Gasteiger partial charge in [-0.25, -0.2) is 5.26 Å². The first kappa shape index (κ1) is 22.6. The number of hydrogen-bond donors (Lipinski definition) is 1. The van der Waals surface area contributed by atoms with E-state index < -0.39 is 0 Å². The number of rotatable bonds is 8. The van der Waals surface area contributed by atoms with Gasteiger partial charge in [-0.15, -0.1) is 11.0 Å². The summed E-state index contributed by atoms with van der Waals surface area (Å²) >= 11 is 0. The predicted molar refractivity (Wildman–Crippen MR) is 103 cm³/mol. The van der Waals surface area contributed by atoms with E-state index in [4.69, 9.17) is 9.99 Å². The topological polar surface area (TPSA) is 81.5 Å². The molecule has 0 saturated carbocycles. The van der Waals surface area contributed by atoms with Gasteiger partial charge in [0.05, 0.1) is 6.61 Å². The molecule has 0 aliphatic carbocycles. The maximum atomic E-state index is 7.47. The molecule has 0 atom stereocenters. The zero-order valence-electron chi connectivity index (χ0n) is 16.9. The SMILES string of the molecule is CC#CCOOOO.CN1CCN(CCCOc2cc3n(n2)CCCC3)CC1. The molecule has 158 valence electrons. The second-order valence-electron chi connectivity index (χ2n) is 6.83. The third-order valence-corrected chi connectivity index (χ3v) is 4.74. The Morgan fingerprint density at radius 2 is 2.00 bits per heavy atom. The molecule has 9 nitrogen and oxygen atoms in total. The minimum atomic E-state index is 0.0804. The molecule has 1 N–H and O–H groups in total. The van der Waals surface area contributed by atoms with Gasteiger partial charge in [0, 0.05) is 51.0 Å². The van der Waals surface area contributed by atoms with Crippen molar-refractivity contribution in [2.24, 2.45) is 0 Å². The number of piperazine rings is 1. The standard InChI is InChI=1S/C15H26N4O.C4H6O4/c1-17-8-10-18(11-9-17)6-4-12-20-15-13-14-5-2-3-7-19(14)16-15;1-2-3-4-6-8-7-5/h13H,2-12H2,1H3;5H,4H2,1H3. The number of aryl methyl sites for hydroxylation is 2. The lowest BCUT2D eigenvalue weighted by Gasteiger charge is -2.32. The largest absolute Gasteiger partial charge is 0.477 e. The molecule has 3 rings (SSSR count). The Morgan fingerprint density at radius 1 is 1.18 bits per heavy atom. The number of fused-ring (bicyclic) bond motifs is 1. The van der Waals surface area contributed by atoms with Crippen LogP contribution in [0.5, 0.6) is 5.88 Å². The van der Waals surface area contributed by atoms with Crippen LogP contribution >= 0.6 is 0 Å². The summed E-state index contributed by atoms with van der Waals surface area (Å²) in [6.45, 7) is 9.47. The molecule has 0 unspecified atom stereocenters. The van der Waals surface area contributed by atoms with Crippen molar-refractivity contribution in [2.45, 2.75) is 39.2 Å². The molecule has 0 spiro atoms. The number of hydrogen-bond acceptors (Lipinski definition) is 8. The zero-order chi connectivity index (χ0) is 20.0. The Labute approximate surface area is 166 Å². The van der Waals surface area contributed by atoms with Gasteiger partial charge in [-0.2, -0.15) is 4.89 Å². The highest BCUT2D eigenvalue weighted by Crippen LogP contribution is 2.19. The monoisotopic (exact) mass is 396 g/mol. The van der Waals surface area contributed by atoms with Crippen molar-refractivity contribution in [3.05, 3.63) is 11.8 Å². The molecule has 1 saturated heterocycles. The van der Waals surface area contributed by atoms with Crippen LogP contribution in [-0.4, -0.2) is 77.8 Å². The van der Waals surface area contributed by atoms with Gasteiger partial charge in [0.15, 0.2) is 0 Å². The lowest BCUT2D eigenvalue weighted by Crippen LogP contribution is -2.44. The molecule has 1 fully saturated rings. The average Bonchev–Trinajstić information content (AvgIpc) is 3.13. The second kappa shape index (κ2) is 13.5. The molecule has 0 bridgehead atoms. The lowest BCUT2D eigenvalue weighted by molar-refractivity contribution is -0.620. The second-order valence-corrected chi connectivity index (χ2v) is 6.83. The van der Waals surface area contributed by atoms with Gasteiger partial charge in [-0.05, 0) is 49.7 Å². The van der Waals surface area contributed by atoms with Crippen molar-refractivity contribution in [3.63, 3.8) is 0 Å². The first-order valence-corrected chi connectivity index (χ1v) is 9.82. The highest BCUT2D eigenvalue weighted by atomic mass is 17.6. The minimum absolute atomic E-state index is 0.0804. The fourth-order valence-corrected chi connectivity index (χ4v) is 3.15. The van der Waals surface area contributed by atoms with Crippen molar-refractivity contribution in [2.75, 3.05) is 53.0 Å². The average molecular weight is 396 g/mol. The Kier molecular flexibility index (Phi) is 10.9. The van der Waals surface area contributed by atoms with E-state index in [1.807, 2.05) is 0 Å². The summed E-state index contributed by atoms with van der Waals surface area (Å²) in [6, 6.07) is 2.12. The smallest absolute Gasteiger partial charge is 0.233 e. The van der Waals surface area contributed by atoms with Crippen LogP contribution in [0.25, 0.3) is 0 Å². The van der Waals surface area contributed by atoms with Crippen LogP contribution in [0.15, 0.2) is 6.07 Å². The summed E-state index contributed by atoms with van der Waals surface area (Å²) in [5, 5.41) is 18.7. The first-order chi connectivity index (χ1) is 13.7. The summed E-state index contributed by atoms with van der Waals surface area (Å²) in [6.07, 6.45) is 4.77. The van der Waals surface area contributed by atoms with Crippen LogP contribution in [0.4, 0.5) is 0 Å². The maximum absolute atomic E-state index is 7.47. The van der Waals surface area contributed by atoms with E-state index in [2.05, 4.69) is 59.5 Å². The van der Waals surface area contributed by atoms with E-state index in [9.17, 15) is 0 Å². The van der Waals surface area contributed by atoms with Gasteiger partial charge in [0.1, 0.15) is 6.61 Å². The van der Waals surface area contributed by atoms with Gasteiger partial charge in [-0.1, -0.05) is 5.92 Å². The van der Waals surface area contributed by atoms with Crippen molar-refractivity contribution >= 4 is 0 Å². The maximum Gasteiger partial charge on any atom is 0.233 e. The molecule has 28 heavy (non-hydrogen) atoms. The Balaban J connectivity index is 0.000000300. The van der Waals surface area contributed by atoms with Crippen LogP contribution in [0.2, 0.25) is 0 Å². The van der Waals surface area contributed by atoms with Gasteiger partial charge in [0.25, 0.3) is 0 Å². The van der Waals surface area contributed by atoms with Crippen LogP contribution < -0.4 is 4.74 Å². The minimum Gasteiger partial charge on any atom is -0.477 e. The molecule has 3 heterocycles. The third-order valence-electron chi connectivity index (χ3n) is 4.74. The quantitative estimate of drug-likeness (QED) is 0.307. The van der Waals surface area contributed by atoms with E-state index in [1.54, 1.807) is 6.92 Å². The fraction of sp³-hybridized carbons (Fsp3) is 0.737. The summed E-state index contributed by atoms with van der Waals surface area (Å²) in [5.41, 5.74) is 1.34. The van der Waals surface area contributed by atoms with Crippen molar-refractivity contribution in [1.29, 1.82) is 0 Å². The molecular formula is C19H32N4O5. The normalized spacial score (nSPS) is 17.1. The predicted octanol–water partition coefficient (Wildman–Crippen LogP) is 1.60. The number of nitrogens with zero attached hydrogens (tertiary/aromatic N) is 4. The summed E-state index contributed by atoms with van der Waals surface area (Å²) < 4.78 is 7.91. The molecule has 9 heteroatoms. The Hall–Kier alpha value is -1.67. The first-order valence-electron chi connectivity index (χ1n) is 9.82. The van der Waals surface area contributed by atoms with E-state index in [0.29, 0.717) is 0 Å². The van der Waals surface area contributed by atoms with Crippen LogP contribution in [0, 0.1) is 11.8 Å². The van der Waals surface area contributed by atoms with Crippen LogP contribution in [0.1, 0.15) is 31.9 Å². The van der Waals surface area contributed by atoms with Gasteiger partial charge >= 0.3 is 0 Å². The lowest BCUT2D eigenvalue weighted by atomic mass is 10.1. The summed E-state index contributed by atoms with van der Waals surface area (Å²) in [4.78, 5) is 9.00. The molecule has 1 aromatic rings. The third kappa shape index (κ3) is 8.56. The molecular weight excluding hydrogens is 364 g/mol. The van der Waals surface area contributed by atoms with E-state index in [1.165, 1.54) is 44.7 Å². The summed E-state index contributed by atoms with van der Waals surface area (Å²) in [5.74, 6) is 5.85. The Morgan fingerprint density at radius 3 is 2.71 bits per heavy atom. The Bertz CT molecular complexity index is 582. The van der Waals surface area contributed by atoms with Gasteiger partial charge < -0.3 is 14.5 Å². The molecule has 2 aliphatic heterocycles. The van der Waals surface area contributed by atoms with Crippen molar-refractivity contribution < 1.29 is 25.0 Å². The molecule has 0 radical (unpaired) electrons. The van der Waals surface area contributed by atoms with Crippen molar-refractivity contribution in [1.82, 2.24) is 19.6 Å². The van der Waals surface area contributed by atoms with E-state index in [-0.39, 0.29) is 6.61 Å². The fourth-order valence-electron chi connectivity index (χ4n) is 3.15. The van der Waals surface area contributed by atoms with Crippen molar-refractivity contribution in [3.8, 4) is 17.7 Å². The molecule has 1 aromatic heterocycles. The number of aromatic nitrogens is 2. The van der Waals surface area contributed by atoms with Gasteiger partial charge in [0.2, 0.25) is 5.88 Å². The van der Waals surface area contributed by atoms with E-state index >= 15 is 0 Å². The number of likely N-dealkylation sites (N-methyl/N-ethyl adjacent to an activating group) is 1. The number of ether oxygens (including phenoxy) is 1.